The highest BCUT2D eigenvalue weighted by Gasteiger charge is 2.36. The van der Waals surface area contributed by atoms with E-state index in [1.54, 1.807) is 81.3 Å². The number of esters is 1. The fraction of sp³-hybridized carbons (Fsp3) is 0.410. The number of amidine groups is 1. The molecule has 2 aromatic heterocycles. The van der Waals surface area contributed by atoms with Crippen LogP contribution in [0.5, 0.6) is 0 Å². The number of fused-ring (bicyclic) bond motifs is 3. The molecule has 1 aliphatic rings. The summed E-state index contributed by atoms with van der Waals surface area (Å²) in [6, 6.07) is 17.1. The van der Waals surface area contributed by atoms with E-state index in [1.807, 2.05) is 39.0 Å². The zero-order valence-corrected chi connectivity index (χ0v) is 31.3. The smallest absolute Gasteiger partial charge is 0.413 e. The zero-order chi connectivity index (χ0) is 38.5. The summed E-state index contributed by atoms with van der Waals surface area (Å²) in [7, 11) is 0. The van der Waals surface area contributed by atoms with Crippen LogP contribution in [0.2, 0.25) is 0 Å². The van der Waals surface area contributed by atoms with E-state index < -0.39 is 35.4 Å². The molecular formula is C39H47N7O7. The number of imidazole rings is 1. The first kappa shape index (κ1) is 38.4. The van der Waals surface area contributed by atoms with Crippen molar-refractivity contribution in [3.63, 3.8) is 0 Å². The third-order valence-corrected chi connectivity index (χ3v) is 8.20. The number of pyridine rings is 1. The molecule has 3 heterocycles. The maximum Gasteiger partial charge on any atom is 0.413 e. The number of alkyl carbamates (subject to hydrolysis) is 1. The summed E-state index contributed by atoms with van der Waals surface area (Å²) < 4.78 is 18.2. The van der Waals surface area contributed by atoms with Crippen molar-refractivity contribution < 1.29 is 33.4 Å². The lowest BCUT2D eigenvalue weighted by Gasteiger charge is -2.37. The molecule has 2 N–H and O–H groups in total. The standard InChI is InChI=1S/C39H47N7O7/c1-8-51-32(47)18-20-46(31-11-9-10-19-41-31)35(48)27-16-17-29-28(24-27)42-34-30(45(22-21-44(29)34)37(50)53-39(5,6)7)23-25-12-14-26(15-13-25)33(40)43-36(49)52-38(2,3)4/h9-17,19,24,30H,8,18,20-23H2,1-7H3,(H2,40,43,49). The monoisotopic (exact) mass is 725 g/mol. The Balaban J connectivity index is 1.45. The predicted molar refractivity (Wildman–Crippen MR) is 199 cm³/mol. The topological polar surface area (TPSA) is 169 Å². The maximum absolute atomic E-state index is 14.0. The van der Waals surface area contributed by atoms with Crippen molar-refractivity contribution in [2.75, 3.05) is 24.6 Å². The first-order valence-electron chi connectivity index (χ1n) is 17.6. The van der Waals surface area contributed by atoms with Crippen LogP contribution in [0.15, 0.2) is 66.9 Å². The maximum atomic E-state index is 14.0. The number of anilines is 1. The highest BCUT2D eigenvalue weighted by atomic mass is 16.6. The number of hydrogen-bond acceptors (Lipinski definition) is 10. The molecule has 0 fully saturated rings. The van der Waals surface area contributed by atoms with Gasteiger partial charge in [-0.05, 0) is 84.4 Å². The summed E-state index contributed by atoms with van der Waals surface area (Å²) in [6.45, 7) is 13.6. The molecule has 1 atom stereocenters. The Morgan fingerprint density at radius 2 is 1.62 bits per heavy atom. The zero-order valence-electron chi connectivity index (χ0n) is 31.3. The van der Waals surface area contributed by atoms with Gasteiger partial charge in [0.2, 0.25) is 0 Å². The van der Waals surface area contributed by atoms with Gasteiger partial charge in [-0.15, -0.1) is 0 Å². The first-order chi connectivity index (χ1) is 25.0. The van der Waals surface area contributed by atoms with Crippen LogP contribution in [0.25, 0.3) is 11.0 Å². The van der Waals surface area contributed by atoms with Crippen molar-refractivity contribution in [1.29, 1.82) is 5.41 Å². The molecule has 280 valence electrons. The number of carbonyl (C=O) groups excluding carboxylic acids is 4. The van der Waals surface area contributed by atoms with Crippen molar-refractivity contribution in [2.24, 2.45) is 0 Å². The number of aromatic nitrogens is 3. The van der Waals surface area contributed by atoms with Gasteiger partial charge in [-0.3, -0.25) is 30.1 Å². The molecule has 1 unspecified atom stereocenters. The minimum absolute atomic E-state index is 0.00171. The van der Waals surface area contributed by atoms with Gasteiger partial charge >= 0.3 is 18.2 Å². The molecule has 1 aliphatic heterocycles. The van der Waals surface area contributed by atoms with E-state index in [4.69, 9.17) is 24.6 Å². The average molecular weight is 726 g/mol. The minimum Gasteiger partial charge on any atom is -0.466 e. The molecule has 4 aromatic rings. The third-order valence-electron chi connectivity index (χ3n) is 8.20. The largest absolute Gasteiger partial charge is 0.466 e. The van der Waals surface area contributed by atoms with Crippen molar-refractivity contribution in [3.05, 3.63) is 89.4 Å². The summed E-state index contributed by atoms with van der Waals surface area (Å²) in [5.74, 6) is 0.174. The number of rotatable bonds is 9. The summed E-state index contributed by atoms with van der Waals surface area (Å²) in [4.78, 5) is 64.5. The Kier molecular flexibility index (Phi) is 11.5. The van der Waals surface area contributed by atoms with Crippen LogP contribution in [0.3, 0.4) is 0 Å². The van der Waals surface area contributed by atoms with Gasteiger partial charge in [0.05, 0.1) is 30.1 Å². The van der Waals surface area contributed by atoms with Gasteiger partial charge in [-0.25, -0.2) is 19.6 Å². The van der Waals surface area contributed by atoms with Crippen molar-refractivity contribution in [3.8, 4) is 0 Å². The lowest BCUT2D eigenvalue weighted by atomic mass is 10.0. The number of amides is 3. The molecule has 0 spiro atoms. The van der Waals surface area contributed by atoms with Gasteiger partial charge < -0.3 is 18.8 Å². The van der Waals surface area contributed by atoms with Crippen molar-refractivity contribution >= 4 is 46.7 Å². The Hall–Kier alpha value is -5.79. The van der Waals surface area contributed by atoms with Gasteiger partial charge in [-0.1, -0.05) is 30.3 Å². The van der Waals surface area contributed by atoms with E-state index in [-0.39, 0.29) is 31.3 Å². The first-order valence-corrected chi connectivity index (χ1v) is 17.6. The molecule has 53 heavy (non-hydrogen) atoms. The second kappa shape index (κ2) is 15.8. The number of nitrogens with zero attached hydrogens (tertiary/aromatic N) is 5. The van der Waals surface area contributed by atoms with Crippen LogP contribution >= 0.6 is 0 Å². The molecular weight excluding hydrogens is 678 g/mol. The van der Waals surface area contributed by atoms with E-state index in [9.17, 15) is 19.2 Å². The Bertz CT molecular complexity index is 1980. The summed E-state index contributed by atoms with van der Waals surface area (Å²) in [6.07, 6.45) is 0.780. The Morgan fingerprint density at radius 3 is 2.26 bits per heavy atom. The van der Waals surface area contributed by atoms with Crippen LogP contribution in [0, 0.1) is 5.41 Å². The molecule has 0 aliphatic carbocycles. The van der Waals surface area contributed by atoms with E-state index in [2.05, 4.69) is 14.9 Å². The lowest BCUT2D eigenvalue weighted by molar-refractivity contribution is -0.142. The summed E-state index contributed by atoms with van der Waals surface area (Å²) in [5, 5.41) is 10.8. The molecule has 2 aromatic carbocycles. The van der Waals surface area contributed by atoms with Gasteiger partial charge in [-0.2, -0.15) is 0 Å². The number of carbonyl (C=O) groups is 4. The number of hydrogen-bond donors (Lipinski definition) is 2. The molecule has 14 heteroatoms. The van der Waals surface area contributed by atoms with Crippen molar-refractivity contribution in [2.45, 2.75) is 85.1 Å². The molecule has 0 bridgehead atoms. The molecule has 14 nitrogen and oxygen atoms in total. The van der Waals surface area contributed by atoms with Crippen molar-refractivity contribution in [1.82, 2.24) is 24.8 Å². The summed E-state index contributed by atoms with van der Waals surface area (Å²) in [5.41, 5.74) is 1.67. The van der Waals surface area contributed by atoms with E-state index in [0.717, 1.165) is 11.1 Å². The Labute approximate surface area is 308 Å². The van der Waals surface area contributed by atoms with E-state index >= 15 is 0 Å². The van der Waals surface area contributed by atoms with Crippen LogP contribution in [-0.4, -0.2) is 80.2 Å². The second-order valence-electron chi connectivity index (χ2n) is 14.6. The molecule has 0 radical (unpaired) electrons. The van der Waals surface area contributed by atoms with Crippen LogP contribution in [0.4, 0.5) is 15.4 Å². The van der Waals surface area contributed by atoms with Crippen LogP contribution in [0.1, 0.15) is 88.2 Å². The SMILES string of the molecule is CCOC(=O)CCN(C(=O)c1ccc2c(c1)nc1n2CCN(C(=O)OC(C)(C)C)C1Cc1ccc(C(=N)NC(=O)OC(C)(C)C)cc1)c1ccccn1. The molecule has 5 rings (SSSR count). The Morgan fingerprint density at radius 1 is 0.925 bits per heavy atom. The van der Waals surface area contributed by atoms with E-state index in [1.165, 1.54) is 4.90 Å². The second-order valence-corrected chi connectivity index (χ2v) is 14.6. The predicted octanol–water partition coefficient (Wildman–Crippen LogP) is 6.42. The molecule has 3 amide bonds. The van der Waals surface area contributed by atoms with Gasteiger partial charge in [0, 0.05) is 43.4 Å². The minimum atomic E-state index is -0.718. The van der Waals surface area contributed by atoms with Gasteiger partial charge in [0.25, 0.3) is 5.91 Å². The number of nitrogens with one attached hydrogen (secondary N) is 2. The van der Waals surface area contributed by atoms with E-state index in [0.29, 0.717) is 47.8 Å². The number of ether oxygens (including phenoxy) is 3. The highest BCUT2D eigenvalue weighted by Crippen LogP contribution is 2.34. The lowest BCUT2D eigenvalue weighted by Crippen LogP contribution is -2.45. The highest BCUT2D eigenvalue weighted by molar-refractivity contribution is 6.07. The van der Waals surface area contributed by atoms with Gasteiger partial charge in [0.1, 0.15) is 28.7 Å². The quantitative estimate of drug-likeness (QED) is 0.0856. The molecule has 0 saturated heterocycles. The molecule has 0 saturated carbocycles. The number of benzene rings is 2. The van der Waals surface area contributed by atoms with Crippen LogP contribution in [-0.2, 0) is 32.0 Å². The summed E-state index contributed by atoms with van der Waals surface area (Å²) >= 11 is 0. The third kappa shape index (κ3) is 9.76. The van der Waals surface area contributed by atoms with Gasteiger partial charge in [0.15, 0.2) is 0 Å². The fourth-order valence-electron chi connectivity index (χ4n) is 5.95. The fourth-order valence-corrected chi connectivity index (χ4v) is 5.95. The average Bonchev–Trinajstić information content (AvgIpc) is 3.46. The normalized spacial score (nSPS) is 14.2. The van der Waals surface area contributed by atoms with Crippen LogP contribution < -0.4 is 10.2 Å².